The second kappa shape index (κ2) is 8.31. The summed E-state index contributed by atoms with van der Waals surface area (Å²) in [6.45, 7) is 0.217. The molecule has 156 valence electrons. The maximum Gasteiger partial charge on any atom is 0.416 e. The lowest BCUT2D eigenvalue weighted by atomic mass is 9.87. The molecule has 29 heavy (non-hydrogen) atoms. The summed E-state index contributed by atoms with van der Waals surface area (Å²) >= 11 is 0. The predicted molar refractivity (Wildman–Crippen MR) is 99.7 cm³/mol. The lowest BCUT2D eigenvalue weighted by Gasteiger charge is -2.29. The van der Waals surface area contributed by atoms with Gasteiger partial charge in [-0.05, 0) is 42.7 Å². The topological polar surface area (TPSA) is 62.6 Å². The minimum absolute atomic E-state index is 0.0397. The molecule has 1 saturated heterocycles. The third kappa shape index (κ3) is 5.40. The second-order valence-electron chi connectivity index (χ2n) is 7.53. The first-order valence-corrected chi connectivity index (χ1v) is 9.40. The minimum Gasteiger partial charge on any atom is -0.469 e. The number of halogens is 3. The van der Waals surface area contributed by atoms with Crippen LogP contribution in [0.25, 0.3) is 0 Å². The highest BCUT2D eigenvalue weighted by Crippen LogP contribution is 2.31. The van der Waals surface area contributed by atoms with Gasteiger partial charge in [-0.2, -0.15) is 13.2 Å². The highest BCUT2D eigenvalue weighted by Gasteiger charge is 2.38. The average molecular weight is 408 g/mol. The van der Waals surface area contributed by atoms with E-state index in [4.69, 9.17) is 4.42 Å². The molecule has 0 unspecified atom stereocenters. The van der Waals surface area contributed by atoms with E-state index in [1.807, 2.05) is 6.07 Å². The van der Waals surface area contributed by atoms with E-state index in [2.05, 4.69) is 5.32 Å². The van der Waals surface area contributed by atoms with E-state index in [1.165, 1.54) is 17.0 Å². The molecule has 1 aliphatic rings. The van der Waals surface area contributed by atoms with Gasteiger partial charge in [0.2, 0.25) is 11.8 Å². The van der Waals surface area contributed by atoms with Gasteiger partial charge in [-0.1, -0.05) is 12.1 Å². The lowest BCUT2D eigenvalue weighted by molar-refractivity contribution is -0.137. The molecule has 0 radical (unpaired) electrons. The third-order valence-corrected chi connectivity index (χ3v) is 5.27. The molecule has 2 aromatic rings. The van der Waals surface area contributed by atoms with Gasteiger partial charge in [0.1, 0.15) is 5.76 Å². The number of nitrogens with zero attached hydrogens (tertiary/aromatic N) is 1. The molecule has 1 aliphatic heterocycles. The second-order valence-corrected chi connectivity index (χ2v) is 7.53. The molecule has 1 aromatic heterocycles. The smallest absolute Gasteiger partial charge is 0.416 e. The van der Waals surface area contributed by atoms with Crippen molar-refractivity contribution in [1.29, 1.82) is 0 Å². The van der Waals surface area contributed by atoms with Gasteiger partial charge in [0.05, 0.1) is 11.8 Å². The van der Waals surface area contributed by atoms with E-state index < -0.39 is 17.3 Å². The number of benzene rings is 1. The highest BCUT2D eigenvalue weighted by molar-refractivity contribution is 5.80. The van der Waals surface area contributed by atoms with Crippen molar-refractivity contribution in [3.8, 4) is 0 Å². The molecule has 1 fully saturated rings. The normalized spacial score (nSPS) is 19.2. The zero-order valence-corrected chi connectivity index (χ0v) is 16.1. The zero-order chi connectivity index (χ0) is 21.1. The number of hydrogen-bond donors (Lipinski definition) is 1. The Morgan fingerprint density at radius 1 is 1.24 bits per heavy atom. The molecule has 3 rings (SSSR count). The van der Waals surface area contributed by atoms with Crippen molar-refractivity contribution in [1.82, 2.24) is 10.2 Å². The Hall–Kier alpha value is -2.77. The number of furan rings is 1. The highest BCUT2D eigenvalue weighted by atomic mass is 19.4. The van der Waals surface area contributed by atoms with E-state index in [1.54, 1.807) is 19.4 Å². The molecule has 0 aliphatic carbocycles. The number of nitrogens with one attached hydrogen (secondary N) is 1. The fourth-order valence-corrected chi connectivity index (χ4v) is 3.63. The van der Waals surface area contributed by atoms with Crippen molar-refractivity contribution in [3.05, 3.63) is 59.5 Å². The fraction of sp³-hybridized carbons (Fsp3) is 0.429. The van der Waals surface area contributed by atoms with Crippen LogP contribution in [0.4, 0.5) is 13.2 Å². The Bertz CT molecular complexity index is 847. The summed E-state index contributed by atoms with van der Waals surface area (Å²) in [6.07, 6.45) is -0.564. The van der Waals surface area contributed by atoms with Gasteiger partial charge in [-0.3, -0.25) is 9.59 Å². The Morgan fingerprint density at radius 3 is 2.52 bits per heavy atom. The maximum atomic E-state index is 12.7. The molecular formula is C21H23F3N2O3. The van der Waals surface area contributed by atoms with Crippen molar-refractivity contribution >= 4 is 11.8 Å². The summed E-state index contributed by atoms with van der Waals surface area (Å²) in [5.74, 6) is 0.574. The van der Waals surface area contributed by atoms with Crippen LogP contribution < -0.4 is 5.32 Å². The first kappa shape index (κ1) is 21.0. The van der Waals surface area contributed by atoms with E-state index in [0.717, 1.165) is 17.9 Å². The predicted octanol–water partition coefficient (Wildman–Crippen LogP) is 3.93. The van der Waals surface area contributed by atoms with Crippen molar-refractivity contribution in [3.63, 3.8) is 0 Å². The Morgan fingerprint density at radius 2 is 1.97 bits per heavy atom. The quantitative estimate of drug-likeness (QED) is 0.755. The third-order valence-electron chi connectivity index (χ3n) is 5.27. The molecule has 0 spiro atoms. The Balaban J connectivity index is 1.57. The molecule has 8 heteroatoms. The number of carbonyl (C=O) groups is 2. The van der Waals surface area contributed by atoms with Gasteiger partial charge in [-0.15, -0.1) is 0 Å². The Kier molecular flexibility index (Phi) is 6.00. The molecule has 5 nitrogen and oxygen atoms in total. The van der Waals surface area contributed by atoms with Crippen molar-refractivity contribution in [2.24, 2.45) is 0 Å². The van der Waals surface area contributed by atoms with Crippen molar-refractivity contribution < 1.29 is 27.2 Å². The van der Waals surface area contributed by atoms with Crippen molar-refractivity contribution in [2.75, 3.05) is 7.05 Å². The lowest BCUT2D eigenvalue weighted by Crippen LogP contribution is -2.44. The fourth-order valence-electron chi connectivity index (χ4n) is 3.63. The molecule has 2 amide bonds. The number of hydrogen-bond acceptors (Lipinski definition) is 3. The molecule has 1 atom stereocenters. The SMILES string of the molecule is CN(Cc1ccc(C(F)(F)F)cc1)C(=O)CC[C@]1(Cc2ccco2)CCC(=O)N1. The van der Waals surface area contributed by atoms with Gasteiger partial charge in [0.15, 0.2) is 0 Å². The van der Waals surface area contributed by atoms with E-state index >= 15 is 0 Å². The van der Waals surface area contributed by atoms with Gasteiger partial charge in [0, 0.05) is 38.4 Å². The first-order chi connectivity index (χ1) is 13.7. The van der Waals surface area contributed by atoms with Crippen LogP contribution in [-0.2, 0) is 28.7 Å². The summed E-state index contributed by atoms with van der Waals surface area (Å²) in [5, 5.41) is 2.99. The van der Waals surface area contributed by atoms with Gasteiger partial charge >= 0.3 is 6.18 Å². The monoisotopic (exact) mass is 408 g/mol. The van der Waals surface area contributed by atoms with Crippen molar-refractivity contribution in [2.45, 2.75) is 50.4 Å². The van der Waals surface area contributed by atoms with Gasteiger partial charge < -0.3 is 14.6 Å². The number of carbonyl (C=O) groups excluding carboxylic acids is 2. The molecular weight excluding hydrogens is 385 g/mol. The van der Waals surface area contributed by atoms with E-state index in [-0.39, 0.29) is 24.8 Å². The van der Waals surface area contributed by atoms with Crippen LogP contribution in [0.1, 0.15) is 42.6 Å². The van der Waals surface area contributed by atoms with Crippen LogP contribution in [-0.4, -0.2) is 29.3 Å². The summed E-state index contributed by atoms with van der Waals surface area (Å²) in [7, 11) is 1.62. The molecule has 0 saturated carbocycles. The van der Waals surface area contributed by atoms with Crippen LogP contribution in [0.2, 0.25) is 0 Å². The summed E-state index contributed by atoms with van der Waals surface area (Å²) < 4.78 is 43.4. The van der Waals surface area contributed by atoms with Crippen LogP contribution in [0.15, 0.2) is 47.1 Å². The summed E-state index contributed by atoms with van der Waals surface area (Å²) in [4.78, 5) is 25.8. The number of amides is 2. The largest absolute Gasteiger partial charge is 0.469 e. The first-order valence-electron chi connectivity index (χ1n) is 9.40. The van der Waals surface area contributed by atoms with Gasteiger partial charge in [0.25, 0.3) is 0 Å². The van der Waals surface area contributed by atoms with Gasteiger partial charge in [-0.25, -0.2) is 0 Å². The number of alkyl halides is 3. The number of rotatable bonds is 7. The Labute approximate surface area is 166 Å². The average Bonchev–Trinajstić information content (AvgIpc) is 3.30. The van der Waals surface area contributed by atoms with Crippen LogP contribution in [0.5, 0.6) is 0 Å². The zero-order valence-electron chi connectivity index (χ0n) is 16.1. The molecule has 1 aromatic carbocycles. The van der Waals surface area contributed by atoms with Crippen LogP contribution in [0, 0.1) is 0 Å². The molecule has 1 N–H and O–H groups in total. The summed E-state index contributed by atoms with van der Waals surface area (Å²) in [6, 6.07) is 8.40. The molecule has 2 heterocycles. The minimum atomic E-state index is -4.38. The van der Waals surface area contributed by atoms with E-state index in [0.29, 0.717) is 31.2 Å². The molecule has 0 bridgehead atoms. The van der Waals surface area contributed by atoms with Crippen LogP contribution in [0.3, 0.4) is 0 Å². The van der Waals surface area contributed by atoms with Crippen LogP contribution >= 0.6 is 0 Å². The van der Waals surface area contributed by atoms with E-state index in [9.17, 15) is 22.8 Å². The standard InChI is InChI=1S/C21H23F3N2O3/c1-26(14-15-4-6-16(7-5-15)21(22,23)24)19(28)9-11-20(10-8-18(27)25-20)13-17-3-2-12-29-17/h2-7,12H,8-11,13-14H2,1H3,(H,25,27)/t20-/m0/s1. The maximum absolute atomic E-state index is 12.7. The summed E-state index contributed by atoms with van der Waals surface area (Å²) in [5.41, 5.74) is -0.611.